The van der Waals surface area contributed by atoms with Crippen molar-refractivity contribution in [3.63, 3.8) is 0 Å². The lowest BCUT2D eigenvalue weighted by Crippen LogP contribution is -2.62. The minimum Gasteiger partial charge on any atom is -0.450 e. The lowest BCUT2D eigenvalue weighted by Gasteiger charge is -2.64. The first-order valence-corrected chi connectivity index (χ1v) is 13.0. The highest BCUT2D eigenvalue weighted by Crippen LogP contribution is 2.69. The molecule has 0 saturated heterocycles. The second-order valence-electron chi connectivity index (χ2n) is 11.7. The SMILES string of the molecule is CC[C@H]1[C@@H](O)[C@@H]2[C@H](CC[C@]3(C)[C@@H](CCCOC(=O)NC)CC[C@@H]23)[C@@]2(C)CC[C@@H](O)C[C@@H]12. The van der Waals surface area contributed by atoms with Crippen molar-refractivity contribution in [2.24, 2.45) is 46.3 Å². The fraction of sp³-hybridized carbons (Fsp3) is 0.962. The zero-order valence-electron chi connectivity index (χ0n) is 20.1. The molecule has 4 aliphatic rings. The maximum absolute atomic E-state index is 11.7. The van der Waals surface area contributed by atoms with Gasteiger partial charge in [0.05, 0.1) is 18.8 Å². The summed E-state index contributed by atoms with van der Waals surface area (Å²) in [7, 11) is 1.60. The number of carbonyl (C=O) groups is 1. The smallest absolute Gasteiger partial charge is 0.406 e. The van der Waals surface area contributed by atoms with E-state index in [1.807, 2.05) is 0 Å². The average molecular weight is 436 g/mol. The summed E-state index contributed by atoms with van der Waals surface area (Å²) in [5.74, 6) is 3.05. The van der Waals surface area contributed by atoms with E-state index in [4.69, 9.17) is 4.74 Å². The molecule has 10 atom stereocenters. The molecule has 0 aliphatic heterocycles. The van der Waals surface area contributed by atoms with Gasteiger partial charge in [-0.05, 0) is 104 Å². The molecule has 5 heteroatoms. The summed E-state index contributed by atoms with van der Waals surface area (Å²) >= 11 is 0. The van der Waals surface area contributed by atoms with Crippen LogP contribution in [0.1, 0.15) is 85.0 Å². The number of nitrogens with one attached hydrogen (secondary N) is 1. The van der Waals surface area contributed by atoms with Crippen LogP contribution in [0.4, 0.5) is 4.79 Å². The Labute approximate surface area is 188 Å². The molecule has 4 saturated carbocycles. The van der Waals surface area contributed by atoms with E-state index in [9.17, 15) is 15.0 Å². The fourth-order valence-corrected chi connectivity index (χ4v) is 9.11. The first-order chi connectivity index (χ1) is 14.8. The van der Waals surface area contributed by atoms with Crippen molar-refractivity contribution in [3.8, 4) is 0 Å². The van der Waals surface area contributed by atoms with Crippen molar-refractivity contribution in [2.75, 3.05) is 13.7 Å². The lowest BCUT2D eigenvalue weighted by atomic mass is 9.41. The zero-order valence-corrected chi connectivity index (χ0v) is 20.1. The molecule has 0 heterocycles. The number of aliphatic hydroxyl groups excluding tert-OH is 2. The summed E-state index contributed by atoms with van der Waals surface area (Å²) in [6.45, 7) is 7.73. The molecule has 1 amide bonds. The van der Waals surface area contributed by atoms with Crippen LogP contribution in [0.25, 0.3) is 0 Å². The number of carbonyl (C=O) groups excluding carboxylic acids is 1. The number of amides is 1. The van der Waals surface area contributed by atoms with E-state index in [0.29, 0.717) is 47.5 Å². The van der Waals surface area contributed by atoms with Gasteiger partial charge in [-0.2, -0.15) is 0 Å². The topological polar surface area (TPSA) is 78.8 Å². The first kappa shape index (κ1) is 23.4. The van der Waals surface area contributed by atoms with Gasteiger partial charge in [-0.3, -0.25) is 0 Å². The van der Waals surface area contributed by atoms with E-state index in [-0.39, 0.29) is 23.7 Å². The van der Waals surface area contributed by atoms with E-state index in [1.165, 1.54) is 25.7 Å². The predicted molar refractivity (Wildman–Crippen MR) is 121 cm³/mol. The van der Waals surface area contributed by atoms with Gasteiger partial charge >= 0.3 is 6.09 Å². The number of aliphatic hydroxyl groups is 2. The Kier molecular flexibility index (Phi) is 6.67. The van der Waals surface area contributed by atoms with Gasteiger partial charge in [0.25, 0.3) is 0 Å². The van der Waals surface area contributed by atoms with E-state index < -0.39 is 0 Å². The molecule has 0 radical (unpaired) electrons. The Hall–Kier alpha value is -0.810. The fourth-order valence-electron chi connectivity index (χ4n) is 9.11. The highest BCUT2D eigenvalue weighted by Gasteiger charge is 2.64. The van der Waals surface area contributed by atoms with Crippen molar-refractivity contribution in [2.45, 2.75) is 97.2 Å². The molecule has 0 aromatic heterocycles. The molecule has 0 aromatic carbocycles. The molecule has 4 rings (SSSR count). The second-order valence-corrected chi connectivity index (χ2v) is 11.7. The molecule has 0 aromatic rings. The number of alkyl carbamates (subject to hydrolysis) is 1. The van der Waals surface area contributed by atoms with Crippen LogP contribution in [-0.4, -0.2) is 42.2 Å². The zero-order chi connectivity index (χ0) is 22.4. The number of fused-ring (bicyclic) bond motifs is 5. The van der Waals surface area contributed by atoms with Gasteiger partial charge in [0, 0.05) is 7.05 Å². The van der Waals surface area contributed by atoms with E-state index in [2.05, 4.69) is 26.1 Å². The molecule has 0 unspecified atom stereocenters. The third-order valence-electron chi connectivity index (χ3n) is 10.7. The van der Waals surface area contributed by atoms with E-state index in [1.54, 1.807) is 7.05 Å². The summed E-state index contributed by atoms with van der Waals surface area (Å²) in [4.78, 5) is 11.3. The molecule has 0 bridgehead atoms. The van der Waals surface area contributed by atoms with Gasteiger partial charge in [-0.15, -0.1) is 0 Å². The highest BCUT2D eigenvalue weighted by molar-refractivity contribution is 5.66. The lowest BCUT2D eigenvalue weighted by molar-refractivity contribution is -0.202. The first-order valence-electron chi connectivity index (χ1n) is 13.0. The molecular weight excluding hydrogens is 390 g/mol. The van der Waals surface area contributed by atoms with Gasteiger partial charge in [0.15, 0.2) is 0 Å². The van der Waals surface area contributed by atoms with Crippen LogP contribution < -0.4 is 5.32 Å². The Morgan fingerprint density at radius 2 is 1.74 bits per heavy atom. The van der Waals surface area contributed by atoms with Crippen LogP contribution in [0, 0.1) is 46.3 Å². The Balaban J connectivity index is 1.51. The van der Waals surface area contributed by atoms with Crippen LogP contribution in [0.15, 0.2) is 0 Å². The highest BCUT2D eigenvalue weighted by atomic mass is 16.5. The summed E-state index contributed by atoms with van der Waals surface area (Å²) < 4.78 is 5.22. The normalized spacial score (nSPS) is 49.0. The van der Waals surface area contributed by atoms with Crippen molar-refractivity contribution in [1.82, 2.24) is 5.32 Å². The van der Waals surface area contributed by atoms with Crippen LogP contribution in [0.2, 0.25) is 0 Å². The third kappa shape index (κ3) is 3.82. The summed E-state index contributed by atoms with van der Waals surface area (Å²) in [6.07, 6.45) is 10.2. The summed E-state index contributed by atoms with van der Waals surface area (Å²) in [6, 6.07) is 0. The number of hydrogen-bond acceptors (Lipinski definition) is 4. The summed E-state index contributed by atoms with van der Waals surface area (Å²) in [5.41, 5.74) is 0.565. The molecule has 0 spiro atoms. The number of rotatable bonds is 5. The van der Waals surface area contributed by atoms with Crippen molar-refractivity contribution in [1.29, 1.82) is 0 Å². The Bertz CT molecular complexity index is 655. The molecule has 4 aliphatic carbocycles. The quantitative estimate of drug-likeness (QED) is 0.545. The molecule has 4 fully saturated rings. The Morgan fingerprint density at radius 3 is 2.45 bits per heavy atom. The number of hydrogen-bond donors (Lipinski definition) is 3. The molecular formula is C26H45NO4. The van der Waals surface area contributed by atoms with Gasteiger partial charge in [0.2, 0.25) is 0 Å². The Morgan fingerprint density at radius 1 is 1.03 bits per heavy atom. The van der Waals surface area contributed by atoms with Crippen LogP contribution >= 0.6 is 0 Å². The van der Waals surface area contributed by atoms with Crippen molar-refractivity contribution >= 4 is 6.09 Å². The van der Waals surface area contributed by atoms with Crippen LogP contribution in [0.3, 0.4) is 0 Å². The van der Waals surface area contributed by atoms with Gasteiger partial charge in [-0.25, -0.2) is 4.79 Å². The average Bonchev–Trinajstić information content (AvgIpc) is 3.09. The van der Waals surface area contributed by atoms with E-state index in [0.717, 1.165) is 38.5 Å². The third-order valence-corrected chi connectivity index (χ3v) is 10.7. The minimum atomic E-state index is -0.340. The molecule has 31 heavy (non-hydrogen) atoms. The number of ether oxygens (including phenoxy) is 1. The largest absolute Gasteiger partial charge is 0.450 e. The summed E-state index contributed by atoms with van der Waals surface area (Å²) in [5, 5.41) is 24.6. The molecule has 5 nitrogen and oxygen atoms in total. The minimum absolute atomic E-state index is 0.183. The second kappa shape index (κ2) is 8.85. The van der Waals surface area contributed by atoms with Crippen LogP contribution in [-0.2, 0) is 4.74 Å². The monoisotopic (exact) mass is 435 g/mol. The van der Waals surface area contributed by atoms with Gasteiger partial charge in [-0.1, -0.05) is 27.2 Å². The van der Waals surface area contributed by atoms with Gasteiger partial charge < -0.3 is 20.3 Å². The van der Waals surface area contributed by atoms with E-state index >= 15 is 0 Å². The van der Waals surface area contributed by atoms with Gasteiger partial charge in [0.1, 0.15) is 0 Å². The maximum Gasteiger partial charge on any atom is 0.406 e. The molecule has 178 valence electrons. The maximum atomic E-state index is 11.7. The predicted octanol–water partition coefficient (Wildman–Crippen LogP) is 4.75. The van der Waals surface area contributed by atoms with Crippen LogP contribution in [0.5, 0.6) is 0 Å². The standard InChI is InChI=1S/C26H45NO4/c1-5-18-21-15-17(28)10-12-26(21,3)20-11-13-25(2)16(7-6-14-31-24(30)27-4)8-9-19(25)22(20)23(18)29/h16-23,28-29H,5-15H2,1-4H3,(H,27,30)/t16-,17+,18+,19-,20-,21-,22-,23+,25+,26+/m0/s1. The molecule has 3 N–H and O–H groups in total. The van der Waals surface area contributed by atoms with Crippen molar-refractivity contribution in [3.05, 3.63) is 0 Å². The van der Waals surface area contributed by atoms with Crippen molar-refractivity contribution < 1.29 is 19.7 Å².